The van der Waals surface area contributed by atoms with E-state index in [1.807, 2.05) is 49.4 Å². The minimum Gasteiger partial charge on any atom is -0.497 e. The van der Waals surface area contributed by atoms with Crippen LogP contribution in [0.1, 0.15) is 18.1 Å². The fraction of sp³-hybridized carbons (Fsp3) is 0.235. The summed E-state index contributed by atoms with van der Waals surface area (Å²) in [6, 6.07) is 17.9. The first kappa shape index (κ1) is 14.5. The highest BCUT2D eigenvalue weighted by atomic mass is 32.1. The van der Waals surface area contributed by atoms with Gasteiger partial charge in [-0.3, -0.25) is 0 Å². The lowest BCUT2D eigenvalue weighted by Gasteiger charge is -2.15. The van der Waals surface area contributed by atoms with Crippen molar-refractivity contribution < 1.29 is 9.47 Å². The molecule has 0 N–H and O–H groups in total. The summed E-state index contributed by atoms with van der Waals surface area (Å²) in [5.74, 6) is 0.814. The van der Waals surface area contributed by atoms with Crippen molar-refractivity contribution in [1.29, 1.82) is 0 Å². The van der Waals surface area contributed by atoms with Crippen LogP contribution in [-0.2, 0) is 11.2 Å². The van der Waals surface area contributed by atoms with Crippen LogP contribution in [-0.4, -0.2) is 18.3 Å². The van der Waals surface area contributed by atoms with Crippen LogP contribution in [0.4, 0.5) is 0 Å². The molecule has 0 fully saturated rings. The lowest BCUT2D eigenvalue weighted by molar-refractivity contribution is 0.216. The molecule has 0 heterocycles. The number of hydrogen-bond donors (Lipinski definition) is 0. The zero-order valence-corrected chi connectivity index (χ0v) is 12.5. The second-order valence-electron chi connectivity index (χ2n) is 4.63. The molecule has 0 bridgehead atoms. The van der Waals surface area contributed by atoms with Crippen molar-refractivity contribution in [2.75, 3.05) is 7.11 Å². The van der Waals surface area contributed by atoms with Crippen LogP contribution in [0.2, 0.25) is 0 Å². The molecule has 2 nitrogen and oxygen atoms in total. The molecule has 0 aliphatic rings. The van der Waals surface area contributed by atoms with Crippen molar-refractivity contribution in [2.24, 2.45) is 0 Å². The predicted octanol–water partition coefficient (Wildman–Crippen LogP) is 4.02. The third kappa shape index (κ3) is 4.07. The van der Waals surface area contributed by atoms with E-state index in [0.717, 1.165) is 17.7 Å². The van der Waals surface area contributed by atoms with Crippen LogP contribution in [0.3, 0.4) is 0 Å². The van der Waals surface area contributed by atoms with Gasteiger partial charge >= 0.3 is 0 Å². The van der Waals surface area contributed by atoms with Crippen LogP contribution in [0, 0.1) is 0 Å². The SMILES string of the molecule is COc1ccc(C(=S)OC(C)Cc2ccccc2)cc1. The van der Waals surface area contributed by atoms with Crippen molar-refractivity contribution in [1.82, 2.24) is 0 Å². The summed E-state index contributed by atoms with van der Waals surface area (Å²) in [6.07, 6.45) is 0.893. The maximum Gasteiger partial charge on any atom is 0.191 e. The summed E-state index contributed by atoms with van der Waals surface area (Å²) in [4.78, 5) is 0. The van der Waals surface area contributed by atoms with E-state index in [4.69, 9.17) is 21.7 Å². The lowest BCUT2D eigenvalue weighted by Crippen LogP contribution is -2.16. The fourth-order valence-electron chi connectivity index (χ4n) is 1.97. The summed E-state index contributed by atoms with van der Waals surface area (Å²) in [7, 11) is 1.64. The molecule has 0 spiro atoms. The van der Waals surface area contributed by atoms with Gasteiger partial charge in [0.2, 0.25) is 0 Å². The molecule has 1 atom stereocenters. The highest BCUT2D eigenvalue weighted by molar-refractivity contribution is 7.80. The van der Waals surface area contributed by atoms with Gasteiger partial charge in [0.1, 0.15) is 11.9 Å². The molecule has 2 aromatic carbocycles. The summed E-state index contributed by atoms with van der Waals surface area (Å²) < 4.78 is 10.9. The number of rotatable bonds is 5. The van der Waals surface area contributed by atoms with E-state index in [-0.39, 0.29) is 6.10 Å². The number of methoxy groups -OCH3 is 1. The normalized spacial score (nSPS) is 11.7. The molecule has 0 amide bonds. The Morgan fingerprint density at radius 3 is 2.30 bits per heavy atom. The molecule has 0 aliphatic heterocycles. The Morgan fingerprint density at radius 2 is 1.70 bits per heavy atom. The van der Waals surface area contributed by atoms with Crippen molar-refractivity contribution in [3.05, 3.63) is 65.7 Å². The van der Waals surface area contributed by atoms with Gasteiger partial charge in [0.05, 0.1) is 7.11 Å². The molecule has 0 saturated carbocycles. The average molecular weight is 286 g/mol. The molecule has 104 valence electrons. The van der Waals surface area contributed by atoms with Gasteiger partial charge in [0, 0.05) is 12.0 Å². The van der Waals surface area contributed by atoms with Crippen LogP contribution < -0.4 is 4.74 Å². The Hall–Kier alpha value is -1.87. The number of ether oxygens (including phenoxy) is 2. The van der Waals surface area contributed by atoms with Crippen molar-refractivity contribution in [2.45, 2.75) is 19.4 Å². The zero-order valence-electron chi connectivity index (χ0n) is 11.7. The van der Waals surface area contributed by atoms with Gasteiger partial charge < -0.3 is 9.47 Å². The van der Waals surface area contributed by atoms with Crippen molar-refractivity contribution >= 4 is 17.3 Å². The van der Waals surface area contributed by atoms with Crippen LogP contribution >= 0.6 is 12.2 Å². The summed E-state index contributed by atoms with van der Waals surface area (Å²) >= 11 is 5.33. The second kappa shape index (κ2) is 7.06. The van der Waals surface area contributed by atoms with E-state index >= 15 is 0 Å². The van der Waals surface area contributed by atoms with Gasteiger partial charge in [-0.25, -0.2) is 0 Å². The molecule has 0 saturated heterocycles. The maximum absolute atomic E-state index is 5.80. The predicted molar refractivity (Wildman–Crippen MR) is 85.4 cm³/mol. The Balaban J connectivity index is 1.93. The first-order chi connectivity index (χ1) is 9.69. The van der Waals surface area contributed by atoms with E-state index in [0.29, 0.717) is 5.05 Å². The molecule has 2 aromatic rings. The van der Waals surface area contributed by atoms with Gasteiger partial charge in [-0.15, -0.1) is 0 Å². The zero-order chi connectivity index (χ0) is 14.4. The Bertz CT molecular complexity index is 549. The number of benzene rings is 2. The van der Waals surface area contributed by atoms with Gasteiger partial charge in [0.25, 0.3) is 0 Å². The molecule has 2 rings (SSSR count). The molecular formula is C17H18O2S. The smallest absolute Gasteiger partial charge is 0.191 e. The summed E-state index contributed by atoms with van der Waals surface area (Å²) in [5, 5.41) is 0.524. The van der Waals surface area contributed by atoms with E-state index in [9.17, 15) is 0 Å². The Kier molecular flexibility index (Phi) is 5.13. The minimum atomic E-state index is 0.0481. The summed E-state index contributed by atoms with van der Waals surface area (Å²) in [5.41, 5.74) is 2.15. The Labute approximate surface area is 125 Å². The van der Waals surface area contributed by atoms with Crippen molar-refractivity contribution in [3.8, 4) is 5.75 Å². The largest absolute Gasteiger partial charge is 0.497 e. The highest BCUT2D eigenvalue weighted by Gasteiger charge is 2.09. The standard InChI is InChI=1S/C17H18O2S/c1-13(12-14-6-4-3-5-7-14)19-17(20)15-8-10-16(18-2)11-9-15/h3-11,13H,12H2,1-2H3. The minimum absolute atomic E-state index is 0.0481. The highest BCUT2D eigenvalue weighted by Crippen LogP contribution is 2.14. The number of hydrogen-bond acceptors (Lipinski definition) is 3. The lowest BCUT2D eigenvalue weighted by atomic mass is 10.1. The molecule has 3 heteroatoms. The average Bonchev–Trinajstić information content (AvgIpc) is 2.48. The topological polar surface area (TPSA) is 18.5 Å². The van der Waals surface area contributed by atoms with E-state index in [2.05, 4.69) is 12.1 Å². The van der Waals surface area contributed by atoms with Crippen LogP contribution in [0.25, 0.3) is 0 Å². The van der Waals surface area contributed by atoms with E-state index in [1.54, 1.807) is 7.11 Å². The van der Waals surface area contributed by atoms with E-state index in [1.165, 1.54) is 5.56 Å². The third-order valence-corrected chi connectivity index (χ3v) is 3.33. The molecule has 20 heavy (non-hydrogen) atoms. The monoisotopic (exact) mass is 286 g/mol. The molecule has 0 aromatic heterocycles. The maximum atomic E-state index is 5.80. The van der Waals surface area contributed by atoms with Gasteiger partial charge in [0.15, 0.2) is 5.05 Å². The summed E-state index contributed by atoms with van der Waals surface area (Å²) in [6.45, 7) is 2.03. The van der Waals surface area contributed by atoms with Crippen molar-refractivity contribution in [3.63, 3.8) is 0 Å². The Morgan fingerprint density at radius 1 is 1.05 bits per heavy atom. The van der Waals surface area contributed by atoms with Gasteiger partial charge in [-0.05, 0) is 49.0 Å². The second-order valence-corrected chi connectivity index (χ2v) is 5.00. The van der Waals surface area contributed by atoms with Gasteiger partial charge in [-0.1, -0.05) is 30.3 Å². The fourth-order valence-corrected chi connectivity index (χ4v) is 2.27. The molecule has 1 unspecified atom stereocenters. The quantitative estimate of drug-likeness (QED) is 0.774. The van der Waals surface area contributed by atoms with Gasteiger partial charge in [-0.2, -0.15) is 0 Å². The molecule has 0 aliphatic carbocycles. The molecule has 0 radical (unpaired) electrons. The van der Waals surface area contributed by atoms with Crippen LogP contribution in [0.5, 0.6) is 5.75 Å². The number of thiocarbonyl (C=S) groups is 1. The third-order valence-electron chi connectivity index (χ3n) is 3.00. The first-order valence-corrected chi connectivity index (χ1v) is 6.99. The van der Waals surface area contributed by atoms with E-state index < -0.39 is 0 Å². The van der Waals surface area contributed by atoms with Crippen LogP contribution in [0.15, 0.2) is 54.6 Å². The molecular weight excluding hydrogens is 268 g/mol. The first-order valence-electron chi connectivity index (χ1n) is 6.58.